The number of urea groups is 1. The van der Waals surface area contributed by atoms with Crippen molar-refractivity contribution in [3.63, 3.8) is 0 Å². The van der Waals surface area contributed by atoms with E-state index in [2.05, 4.69) is 17.6 Å². The molecule has 21 heavy (non-hydrogen) atoms. The van der Waals surface area contributed by atoms with Crippen molar-refractivity contribution in [3.05, 3.63) is 0 Å². The van der Waals surface area contributed by atoms with Gasteiger partial charge in [0.2, 0.25) is 0 Å². The molecule has 2 amide bonds. The Bertz CT molecular complexity index is 363. The molecule has 1 rings (SSSR count). The van der Waals surface area contributed by atoms with E-state index in [1.54, 1.807) is 0 Å². The smallest absolute Gasteiger partial charge is 0.315 e. The second kappa shape index (κ2) is 7.66. The van der Waals surface area contributed by atoms with Crippen LogP contribution in [0.3, 0.4) is 0 Å². The summed E-state index contributed by atoms with van der Waals surface area (Å²) in [5, 5.41) is 14.9. The molecule has 0 radical (unpaired) electrons. The van der Waals surface area contributed by atoms with Crippen LogP contribution in [0.25, 0.3) is 0 Å². The number of aliphatic carboxylic acids is 1. The zero-order chi connectivity index (χ0) is 16.0. The van der Waals surface area contributed by atoms with E-state index in [4.69, 9.17) is 0 Å². The molecule has 5 nitrogen and oxygen atoms in total. The Morgan fingerprint density at radius 2 is 1.95 bits per heavy atom. The van der Waals surface area contributed by atoms with E-state index < -0.39 is 11.9 Å². The van der Waals surface area contributed by atoms with Crippen LogP contribution < -0.4 is 10.6 Å². The lowest BCUT2D eigenvalue weighted by atomic mass is 9.84. The third-order valence-electron chi connectivity index (χ3n) is 3.99. The molecule has 122 valence electrons. The summed E-state index contributed by atoms with van der Waals surface area (Å²) in [5.41, 5.74) is -0.0694. The van der Waals surface area contributed by atoms with Gasteiger partial charge in [-0.05, 0) is 30.6 Å². The number of amides is 2. The van der Waals surface area contributed by atoms with E-state index >= 15 is 0 Å². The second-order valence-corrected chi connectivity index (χ2v) is 7.62. The number of hydrogen-bond donors (Lipinski definition) is 3. The Kier molecular flexibility index (Phi) is 6.49. The molecular formula is C16H30N2O3. The molecule has 3 unspecified atom stereocenters. The third-order valence-corrected chi connectivity index (χ3v) is 3.99. The first-order valence-corrected chi connectivity index (χ1v) is 7.94. The van der Waals surface area contributed by atoms with Crippen molar-refractivity contribution in [2.45, 2.75) is 65.8 Å². The van der Waals surface area contributed by atoms with Crippen molar-refractivity contribution >= 4 is 12.0 Å². The molecule has 1 aliphatic rings. The minimum absolute atomic E-state index is 0.0694. The minimum Gasteiger partial charge on any atom is -0.481 e. The molecule has 1 aliphatic carbocycles. The number of rotatable bonds is 5. The fourth-order valence-electron chi connectivity index (χ4n) is 3.00. The van der Waals surface area contributed by atoms with Gasteiger partial charge in [-0.15, -0.1) is 0 Å². The number of hydrogen-bond acceptors (Lipinski definition) is 2. The predicted octanol–water partition coefficient (Wildman–Crippen LogP) is 3.00. The van der Waals surface area contributed by atoms with E-state index in [1.165, 1.54) is 6.42 Å². The first-order chi connectivity index (χ1) is 9.67. The highest BCUT2D eigenvalue weighted by molar-refractivity contribution is 5.76. The molecule has 3 N–H and O–H groups in total. The predicted molar refractivity (Wildman–Crippen MR) is 83.2 cm³/mol. The molecule has 1 fully saturated rings. The summed E-state index contributed by atoms with van der Waals surface area (Å²) >= 11 is 0. The number of carboxylic acids is 1. The Morgan fingerprint density at radius 1 is 1.29 bits per heavy atom. The second-order valence-electron chi connectivity index (χ2n) is 7.62. The van der Waals surface area contributed by atoms with E-state index in [1.807, 2.05) is 20.8 Å². The number of nitrogens with one attached hydrogen (secondary N) is 2. The zero-order valence-corrected chi connectivity index (χ0v) is 13.7. The van der Waals surface area contributed by atoms with Gasteiger partial charge >= 0.3 is 12.0 Å². The molecule has 0 aliphatic heterocycles. The van der Waals surface area contributed by atoms with Crippen LogP contribution in [0.4, 0.5) is 4.79 Å². The monoisotopic (exact) mass is 298 g/mol. The van der Waals surface area contributed by atoms with Crippen LogP contribution in [0.1, 0.15) is 59.8 Å². The lowest BCUT2D eigenvalue weighted by molar-refractivity contribution is -0.142. The Balaban J connectivity index is 2.37. The Labute approximate surface area is 127 Å². The summed E-state index contributed by atoms with van der Waals surface area (Å²) in [6.07, 6.45) is 4.95. The molecule has 5 heteroatoms. The molecule has 1 saturated carbocycles. The van der Waals surface area contributed by atoms with Gasteiger partial charge in [0.1, 0.15) is 0 Å². The summed E-state index contributed by atoms with van der Waals surface area (Å²) < 4.78 is 0. The first kappa shape index (κ1) is 17.8. The van der Waals surface area contributed by atoms with Crippen LogP contribution in [-0.4, -0.2) is 29.7 Å². The quantitative estimate of drug-likeness (QED) is 0.730. The first-order valence-electron chi connectivity index (χ1n) is 7.94. The van der Waals surface area contributed by atoms with Gasteiger partial charge in [-0.25, -0.2) is 4.79 Å². The highest BCUT2D eigenvalue weighted by Crippen LogP contribution is 2.25. The number of carbonyl (C=O) groups excluding carboxylic acids is 1. The maximum atomic E-state index is 11.9. The van der Waals surface area contributed by atoms with Crippen LogP contribution in [0, 0.1) is 17.3 Å². The zero-order valence-electron chi connectivity index (χ0n) is 13.7. The Hall–Kier alpha value is -1.26. The average Bonchev–Trinajstić information content (AvgIpc) is 2.32. The van der Waals surface area contributed by atoms with Crippen LogP contribution >= 0.6 is 0 Å². The fourth-order valence-corrected chi connectivity index (χ4v) is 3.00. The van der Waals surface area contributed by atoms with Crippen LogP contribution in [0.5, 0.6) is 0 Å². The van der Waals surface area contributed by atoms with E-state index in [9.17, 15) is 14.7 Å². The van der Waals surface area contributed by atoms with Gasteiger partial charge in [0.15, 0.2) is 0 Å². The fraction of sp³-hybridized carbons (Fsp3) is 0.875. The van der Waals surface area contributed by atoms with E-state index in [-0.39, 0.29) is 24.0 Å². The number of carboxylic acid groups (broad SMARTS) is 1. The van der Waals surface area contributed by atoms with Crippen molar-refractivity contribution in [1.82, 2.24) is 10.6 Å². The van der Waals surface area contributed by atoms with Gasteiger partial charge in [-0.2, -0.15) is 0 Å². The summed E-state index contributed by atoms with van der Waals surface area (Å²) in [6, 6.07) is -0.0195. The SMILES string of the molecule is CC1CCCC(NC(=O)NCC(CC(C)(C)C)C(=O)O)C1. The van der Waals surface area contributed by atoms with Gasteiger partial charge in [-0.3, -0.25) is 4.79 Å². The molecule has 0 aromatic rings. The van der Waals surface area contributed by atoms with Crippen LogP contribution in [-0.2, 0) is 4.79 Å². The Morgan fingerprint density at radius 3 is 2.48 bits per heavy atom. The molecular weight excluding hydrogens is 268 g/mol. The topological polar surface area (TPSA) is 78.4 Å². The lowest BCUT2D eigenvalue weighted by Gasteiger charge is -2.28. The number of carbonyl (C=O) groups is 2. The summed E-state index contributed by atoms with van der Waals surface area (Å²) in [5.74, 6) is -0.741. The van der Waals surface area contributed by atoms with Gasteiger partial charge in [0.25, 0.3) is 0 Å². The maximum Gasteiger partial charge on any atom is 0.315 e. The molecule has 0 aromatic carbocycles. The van der Waals surface area contributed by atoms with Crippen molar-refractivity contribution < 1.29 is 14.7 Å². The van der Waals surface area contributed by atoms with Gasteiger partial charge in [0.05, 0.1) is 5.92 Å². The molecule has 0 heterocycles. The van der Waals surface area contributed by atoms with Gasteiger partial charge in [0, 0.05) is 12.6 Å². The van der Waals surface area contributed by atoms with E-state index in [0.717, 1.165) is 19.3 Å². The summed E-state index contributed by atoms with van der Waals surface area (Å²) in [7, 11) is 0. The standard InChI is InChI=1S/C16H30N2O3/c1-11-6-5-7-13(8-11)18-15(21)17-10-12(14(19)20)9-16(2,3)4/h11-13H,5-10H2,1-4H3,(H,19,20)(H2,17,18,21). The summed E-state index contributed by atoms with van der Waals surface area (Å²) in [6.45, 7) is 8.40. The van der Waals surface area contributed by atoms with Crippen molar-refractivity contribution in [3.8, 4) is 0 Å². The van der Waals surface area contributed by atoms with Gasteiger partial charge < -0.3 is 15.7 Å². The molecule has 0 aromatic heterocycles. The normalized spacial score (nSPS) is 24.2. The maximum absolute atomic E-state index is 11.9. The summed E-state index contributed by atoms with van der Waals surface area (Å²) in [4.78, 5) is 23.1. The average molecular weight is 298 g/mol. The van der Waals surface area contributed by atoms with E-state index in [0.29, 0.717) is 12.3 Å². The van der Waals surface area contributed by atoms with Crippen molar-refractivity contribution in [2.24, 2.45) is 17.3 Å². The largest absolute Gasteiger partial charge is 0.481 e. The molecule has 0 bridgehead atoms. The molecule has 0 spiro atoms. The highest BCUT2D eigenvalue weighted by atomic mass is 16.4. The highest BCUT2D eigenvalue weighted by Gasteiger charge is 2.26. The third kappa shape index (κ3) is 7.34. The molecule has 0 saturated heterocycles. The van der Waals surface area contributed by atoms with Gasteiger partial charge in [-0.1, -0.05) is 40.5 Å². The lowest BCUT2D eigenvalue weighted by Crippen LogP contribution is -2.46. The van der Waals surface area contributed by atoms with Crippen molar-refractivity contribution in [2.75, 3.05) is 6.54 Å². The van der Waals surface area contributed by atoms with Crippen LogP contribution in [0.2, 0.25) is 0 Å². The van der Waals surface area contributed by atoms with Crippen LogP contribution in [0.15, 0.2) is 0 Å². The minimum atomic E-state index is -0.850. The van der Waals surface area contributed by atoms with Crippen molar-refractivity contribution in [1.29, 1.82) is 0 Å². The molecule has 3 atom stereocenters.